The molecule has 0 N–H and O–H groups in total. The number of sulfonamides is 1. The van der Waals surface area contributed by atoms with Crippen molar-refractivity contribution in [3.8, 4) is 0 Å². The van der Waals surface area contributed by atoms with Gasteiger partial charge in [-0.05, 0) is 25.5 Å². The number of thiophene rings is 1. The Morgan fingerprint density at radius 2 is 2.17 bits per heavy atom. The molecular weight excluding hydrogens is 294 g/mol. The van der Waals surface area contributed by atoms with E-state index in [-0.39, 0.29) is 0 Å². The molecule has 1 aromatic heterocycles. The molecule has 0 amide bonds. The van der Waals surface area contributed by atoms with E-state index >= 15 is 0 Å². The van der Waals surface area contributed by atoms with Crippen molar-refractivity contribution in [2.24, 2.45) is 0 Å². The summed E-state index contributed by atoms with van der Waals surface area (Å²) in [6.07, 6.45) is 0.699. The molecule has 0 bridgehead atoms. The molecule has 0 unspecified atom stereocenters. The van der Waals surface area contributed by atoms with Crippen LogP contribution in [-0.2, 0) is 21.2 Å². The number of hydrogen-bond donors (Lipinski definition) is 0. The normalized spacial score (nSPS) is 12.2. The largest absolute Gasteiger partial charge is 0.380 e. The predicted octanol–water partition coefficient (Wildman–Crippen LogP) is 2.19. The predicted molar refractivity (Wildman–Crippen MR) is 75.1 cm³/mol. The van der Waals surface area contributed by atoms with Gasteiger partial charge in [0.15, 0.2) is 0 Å². The van der Waals surface area contributed by atoms with E-state index in [1.165, 1.54) is 15.6 Å². The Balaban J connectivity index is 2.71. The zero-order valence-electron chi connectivity index (χ0n) is 10.6. The van der Waals surface area contributed by atoms with Crippen molar-refractivity contribution in [3.05, 3.63) is 17.0 Å². The van der Waals surface area contributed by atoms with E-state index in [1.807, 2.05) is 13.0 Å². The monoisotopic (exact) mass is 311 g/mol. The minimum atomic E-state index is -3.39. The molecule has 0 fully saturated rings. The minimum Gasteiger partial charge on any atom is -0.380 e. The minimum absolute atomic E-state index is 0.360. The van der Waals surface area contributed by atoms with Gasteiger partial charge in [-0.15, -0.1) is 22.9 Å². The van der Waals surface area contributed by atoms with Gasteiger partial charge in [-0.2, -0.15) is 4.31 Å². The number of ether oxygens (including phenoxy) is 1. The highest BCUT2D eigenvalue weighted by Gasteiger charge is 2.22. The third-order valence-electron chi connectivity index (χ3n) is 2.40. The van der Waals surface area contributed by atoms with Crippen molar-refractivity contribution in [1.29, 1.82) is 0 Å². The van der Waals surface area contributed by atoms with Gasteiger partial charge >= 0.3 is 0 Å². The third-order valence-corrected chi connectivity index (χ3v) is 6.06. The summed E-state index contributed by atoms with van der Waals surface area (Å²) in [5.74, 6) is 0.500. The maximum absolute atomic E-state index is 12.2. The van der Waals surface area contributed by atoms with E-state index in [2.05, 4.69) is 0 Å². The van der Waals surface area contributed by atoms with Gasteiger partial charge in [0.1, 0.15) is 4.21 Å². The molecule has 0 radical (unpaired) electrons. The van der Waals surface area contributed by atoms with Crippen molar-refractivity contribution in [2.75, 3.05) is 32.7 Å². The van der Waals surface area contributed by atoms with E-state index in [1.54, 1.807) is 13.1 Å². The maximum Gasteiger partial charge on any atom is 0.252 e. The van der Waals surface area contributed by atoms with Crippen molar-refractivity contribution < 1.29 is 13.2 Å². The highest BCUT2D eigenvalue weighted by Crippen LogP contribution is 2.24. The van der Waals surface area contributed by atoms with Crippen molar-refractivity contribution in [1.82, 2.24) is 4.31 Å². The molecule has 7 heteroatoms. The average molecular weight is 312 g/mol. The first-order valence-corrected chi connectivity index (χ1v) is 8.50. The summed E-state index contributed by atoms with van der Waals surface area (Å²) in [4.78, 5) is 0.988. The van der Waals surface area contributed by atoms with Crippen molar-refractivity contribution >= 4 is 33.0 Å². The second-order valence-corrected chi connectivity index (χ2v) is 7.50. The van der Waals surface area contributed by atoms with Gasteiger partial charge in [0.05, 0.1) is 6.61 Å². The number of likely N-dealkylation sites (N-methyl/N-ethyl adjacent to an activating group) is 1. The highest BCUT2D eigenvalue weighted by atomic mass is 35.5. The molecule has 0 aliphatic carbocycles. The van der Waals surface area contributed by atoms with Crippen LogP contribution in [0.4, 0.5) is 0 Å². The van der Waals surface area contributed by atoms with Crippen molar-refractivity contribution in [3.63, 3.8) is 0 Å². The standard InChI is InChI=1S/C11H18ClNO3S2/c1-3-16-9-8-13(2)18(14,15)11-5-4-10(17-11)6-7-12/h4-5H,3,6-9H2,1-2H3. The Kier molecular flexibility index (Phi) is 6.59. The molecule has 0 aromatic carbocycles. The van der Waals surface area contributed by atoms with Gasteiger partial charge in [-0.1, -0.05) is 0 Å². The topological polar surface area (TPSA) is 46.6 Å². The van der Waals surface area contributed by atoms with Gasteiger partial charge < -0.3 is 4.74 Å². The maximum atomic E-state index is 12.2. The third kappa shape index (κ3) is 4.20. The first-order chi connectivity index (χ1) is 8.52. The lowest BCUT2D eigenvalue weighted by Gasteiger charge is -2.15. The Bertz CT molecular complexity index is 459. The van der Waals surface area contributed by atoms with Gasteiger partial charge in [0, 0.05) is 31.0 Å². The van der Waals surface area contributed by atoms with Crippen LogP contribution < -0.4 is 0 Å². The summed E-state index contributed by atoms with van der Waals surface area (Å²) < 4.78 is 31.2. The Hall–Kier alpha value is -0.140. The fourth-order valence-corrected chi connectivity index (χ4v) is 4.37. The van der Waals surface area contributed by atoms with Gasteiger partial charge in [0.2, 0.25) is 0 Å². The zero-order chi connectivity index (χ0) is 13.6. The van der Waals surface area contributed by atoms with Crippen LogP contribution in [0.3, 0.4) is 0 Å². The summed E-state index contributed by atoms with van der Waals surface area (Å²) in [6, 6.07) is 3.45. The lowest BCUT2D eigenvalue weighted by Crippen LogP contribution is -2.29. The smallest absolute Gasteiger partial charge is 0.252 e. The molecule has 0 saturated heterocycles. The van der Waals surface area contributed by atoms with Gasteiger partial charge in [-0.3, -0.25) is 0 Å². The number of aryl methyl sites for hydroxylation is 1. The van der Waals surface area contributed by atoms with E-state index in [0.29, 0.717) is 36.3 Å². The average Bonchev–Trinajstić information content (AvgIpc) is 2.79. The Morgan fingerprint density at radius 1 is 1.44 bits per heavy atom. The summed E-state index contributed by atoms with van der Waals surface area (Å²) in [7, 11) is -1.82. The number of rotatable bonds is 8. The SMILES string of the molecule is CCOCCN(C)S(=O)(=O)c1ccc(CCCl)s1. The van der Waals surface area contributed by atoms with Gasteiger partial charge in [0.25, 0.3) is 10.0 Å². The molecule has 104 valence electrons. The molecule has 4 nitrogen and oxygen atoms in total. The molecule has 1 heterocycles. The summed E-state index contributed by atoms with van der Waals surface area (Å²) >= 11 is 6.91. The number of alkyl halides is 1. The fraction of sp³-hybridized carbons (Fsp3) is 0.636. The second-order valence-electron chi connectivity index (χ2n) is 3.68. The molecule has 0 atom stereocenters. The molecule has 0 aliphatic heterocycles. The zero-order valence-corrected chi connectivity index (χ0v) is 12.9. The van der Waals surface area contributed by atoms with Crippen LogP contribution in [0.25, 0.3) is 0 Å². The molecule has 0 aliphatic rings. The van der Waals surface area contributed by atoms with E-state index < -0.39 is 10.0 Å². The lowest BCUT2D eigenvalue weighted by molar-refractivity contribution is 0.138. The Labute approximate surface area is 118 Å². The molecule has 0 saturated carbocycles. The summed E-state index contributed by atoms with van der Waals surface area (Å²) in [5, 5.41) is 0. The van der Waals surface area contributed by atoms with Crippen LogP contribution in [0.1, 0.15) is 11.8 Å². The van der Waals surface area contributed by atoms with Crippen LogP contribution >= 0.6 is 22.9 Å². The number of halogens is 1. The van der Waals surface area contributed by atoms with E-state index in [0.717, 1.165) is 4.88 Å². The first-order valence-electron chi connectivity index (χ1n) is 5.71. The number of nitrogens with zero attached hydrogens (tertiary/aromatic N) is 1. The number of hydrogen-bond acceptors (Lipinski definition) is 4. The molecule has 1 aromatic rings. The summed E-state index contributed by atoms with van der Waals surface area (Å²) in [5.41, 5.74) is 0. The van der Waals surface area contributed by atoms with Crippen LogP contribution in [0.15, 0.2) is 16.3 Å². The van der Waals surface area contributed by atoms with E-state index in [4.69, 9.17) is 16.3 Å². The highest BCUT2D eigenvalue weighted by molar-refractivity contribution is 7.91. The molecule has 18 heavy (non-hydrogen) atoms. The molecular formula is C11H18ClNO3S2. The van der Waals surface area contributed by atoms with Crippen LogP contribution in [-0.4, -0.2) is 45.4 Å². The first kappa shape index (κ1) is 15.9. The molecule has 1 rings (SSSR count). The fourth-order valence-electron chi connectivity index (χ4n) is 1.34. The van der Waals surface area contributed by atoms with Crippen LogP contribution in [0.2, 0.25) is 0 Å². The summed E-state index contributed by atoms with van der Waals surface area (Å²) in [6.45, 7) is 3.24. The van der Waals surface area contributed by atoms with Gasteiger partial charge in [-0.25, -0.2) is 8.42 Å². The Morgan fingerprint density at radius 3 is 2.78 bits per heavy atom. The quantitative estimate of drug-likeness (QED) is 0.546. The van der Waals surface area contributed by atoms with E-state index in [9.17, 15) is 8.42 Å². The second kappa shape index (κ2) is 7.45. The van der Waals surface area contributed by atoms with Crippen molar-refractivity contribution in [2.45, 2.75) is 17.6 Å². The van der Waals surface area contributed by atoms with Crippen LogP contribution in [0, 0.1) is 0 Å². The lowest BCUT2D eigenvalue weighted by atomic mass is 10.4. The molecule has 0 spiro atoms. The van der Waals surface area contributed by atoms with Crippen LogP contribution in [0.5, 0.6) is 0 Å².